The van der Waals surface area contributed by atoms with Crippen LogP contribution in [0.5, 0.6) is 0 Å². The van der Waals surface area contributed by atoms with Crippen molar-refractivity contribution in [1.82, 2.24) is 9.80 Å². The topological polar surface area (TPSA) is 6.48 Å². The second-order valence-corrected chi connectivity index (χ2v) is 5.58. The van der Waals surface area contributed by atoms with Crippen LogP contribution in [0.3, 0.4) is 0 Å². The second-order valence-electron chi connectivity index (χ2n) is 5.58. The molecule has 88 valence electrons. The predicted octanol–water partition coefficient (Wildman–Crippen LogP) is 2.35. The van der Waals surface area contributed by atoms with Crippen LogP contribution >= 0.6 is 0 Å². The molecule has 2 heterocycles. The van der Waals surface area contributed by atoms with Crippen molar-refractivity contribution in [2.75, 3.05) is 26.2 Å². The standard InChI is InChI=1S/C13H26N2/c1-4-15-10-6-8-13(15)7-5-9-14(11-13)12(2)3/h12H,4-11H2,1-3H3. The molecule has 0 saturated carbocycles. The van der Waals surface area contributed by atoms with E-state index in [0.29, 0.717) is 5.54 Å². The number of nitrogens with zero attached hydrogens (tertiary/aromatic N) is 2. The summed E-state index contributed by atoms with van der Waals surface area (Å²) in [6, 6.07) is 0.724. The van der Waals surface area contributed by atoms with Crippen molar-refractivity contribution in [3.8, 4) is 0 Å². The first kappa shape index (κ1) is 11.4. The maximum atomic E-state index is 2.74. The molecule has 2 rings (SSSR count). The van der Waals surface area contributed by atoms with Crippen LogP contribution in [0, 0.1) is 0 Å². The zero-order valence-electron chi connectivity index (χ0n) is 10.6. The molecule has 2 aliphatic heterocycles. The van der Waals surface area contributed by atoms with Gasteiger partial charge in [-0.3, -0.25) is 9.80 Å². The maximum absolute atomic E-state index is 2.74. The van der Waals surface area contributed by atoms with Crippen LogP contribution in [0.4, 0.5) is 0 Å². The second kappa shape index (κ2) is 4.42. The summed E-state index contributed by atoms with van der Waals surface area (Å²) in [7, 11) is 0. The van der Waals surface area contributed by atoms with E-state index in [2.05, 4.69) is 30.6 Å². The van der Waals surface area contributed by atoms with E-state index >= 15 is 0 Å². The Balaban J connectivity index is 2.07. The fourth-order valence-corrected chi connectivity index (χ4v) is 3.54. The van der Waals surface area contributed by atoms with Crippen LogP contribution in [-0.4, -0.2) is 47.6 Å². The average molecular weight is 210 g/mol. The van der Waals surface area contributed by atoms with Crippen LogP contribution in [0.15, 0.2) is 0 Å². The van der Waals surface area contributed by atoms with Crippen LogP contribution in [0.1, 0.15) is 46.5 Å². The first-order valence-corrected chi connectivity index (χ1v) is 6.67. The molecular formula is C13H26N2. The van der Waals surface area contributed by atoms with Crippen molar-refractivity contribution >= 4 is 0 Å². The van der Waals surface area contributed by atoms with Crippen LogP contribution in [-0.2, 0) is 0 Å². The monoisotopic (exact) mass is 210 g/mol. The minimum atomic E-state index is 0.553. The Morgan fingerprint density at radius 3 is 2.40 bits per heavy atom. The van der Waals surface area contributed by atoms with Crippen LogP contribution < -0.4 is 0 Å². The van der Waals surface area contributed by atoms with E-state index in [0.717, 1.165) is 6.04 Å². The Hall–Kier alpha value is -0.0800. The first-order chi connectivity index (χ1) is 7.18. The molecule has 0 aromatic rings. The van der Waals surface area contributed by atoms with Gasteiger partial charge >= 0.3 is 0 Å². The smallest absolute Gasteiger partial charge is 0.0337 e. The van der Waals surface area contributed by atoms with Gasteiger partial charge in [-0.15, -0.1) is 0 Å². The van der Waals surface area contributed by atoms with E-state index in [1.54, 1.807) is 0 Å². The first-order valence-electron chi connectivity index (χ1n) is 6.67. The van der Waals surface area contributed by atoms with Gasteiger partial charge in [0.2, 0.25) is 0 Å². The highest BCUT2D eigenvalue weighted by Gasteiger charge is 2.43. The van der Waals surface area contributed by atoms with E-state index in [9.17, 15) is 0 Å². The third-order valence-electron chi connectivity index (χ3n) is 4.44. The highest BCUT2D eigenvalue weighted by atomic mass is 15.3. The van der Waals surface area contributed by atoms with E-state index in [1.165, 1.54) is 51.9 Å². The van der Waals surface area contributed by atoms with Crippen LogP contribution in [0.2, 0.25) is 0 Å². The van der Waals surface area contributed by atoms with Gasteiger partial charge in [0.05, 0.1) is 0 Å². The summed E-state index contributed by atoms with van der Waals surface area (Å²) in [5.41, 5.74) is 0.553. The molecule has 0 aromatic carbocycles. The molecule has 1 atom stereocenters. The maximum Gasteiger partial charge on any atom is 0.0337 e. The summed E-state index contributed by atoms with van der Waals surface area (Å²) >= 11 is 0. The Morgan fingerprint density at radius 1 is 1.13 bits per heavy atom. The van der Waals surface area contributed by atoms with Gasteiger partial charge in [-0.2, -0.15) is 0 Å². The third-order valence-corrected chi connectivity index (χ3v) is 4.44. The van der Waals surface area contributed by atoms with E-state index < -0.39 is 0 Å². The Kier molecular flexibility index (Phi) is 3.36. The fraction of sp³-hybridized carbons (Fsp3) is 1.00. The fourth-order valence-electron chi connectivity index (χ4n) is 3.54. The van der Waals surface area contributed by atoms with Crippen molar-refractivity contribution in [1.29, 1.82) is 0 Å². The Morgan fingerprint density at radius 2 is 1.80 bits per heavy atom. The number of likely N-dealkylation sites (tertiary alicyclic amines) is 2. The molecule has 2 fully saturated rings. The van der Waals surface area contributed by atoms with Crippen molar-refractivity contribution in [2.45, 2.75) is 58.0 Å². The summed E-state index contributed by atoms with van der Waals surface area (Å²) in [5, 5.41) is 0. The normalized spacial score (nSPS) is 34.4. The van der Waals surface area contributed by atoms with Crippen molar-refractivity contribution in [3.63, 3.8) is 0 Å². The summed E-state index contributed by atoms with van der Waals surface area (Å²) in [6.07, 6.45) is 5.68. The molecule has 15 heavy (non-hydrogen) atoms. The van der Waals surface area contributed by atoms with Gasteiger partial charge in [0.1, 0.15) is 0 Å². The van der Waals surface area contributed by atoms with Gasteiger partial charge in [-0.25, -0.2) is 0 Å². The van der Waals surface area contributed by atoms with E-state index in [-0.39, 0.29) is 0 Å². The minimum Gasteiger partial charge on any atom is -0.299 e. The molecule has 1 unspecified atom stereocenters. The largest absolute Gasteiger partial charge is 0.299 e. The summed E-state index contributed by atoms with van der Waals surface area (Å²) < 4.78 is 0. The van der Waals surface area contributed by atoms with Crippen molar-refractivity contribution in [2.24, 2.45) is 0 Å². The molecule has 0 aromatic heterocycles. The third kappa shape index (κ3) is 2.07. The Labute approximate surface area is 94.6 Å². The lowest BCUT2D eigenvalue weighted by Crippen LogP contribution is -2.56. The lowest BCUT2D eigenvalue weighted by Gasteiger charge is -2.47. The quantitative estimate of drug-likeness (QED) is 0.690. The highest BCUT2D eigenvalue weighted by molar-refractivity contribution is 5.00. The summed E-state index contributed by atoms with van der Waals surface area (Å²) in [4.78, 5) is 5.42. The molecule has 2 aliphatic rings. The zero-order chi connectivity index (χ0) is 10.9. The summed E-state index contributed by atoms with van der Waals surface area (Å²) in [6.45, 7) is 12.2. The lowest BCUT2D eigenvalue weighted by molar-refractivity contribution is 0.0305. The van der Waals surface area contributed by atoms with E-state index in [1.807, 2.05) is 0 Å². The molecule has 0 N–H and O–H groups in total. The molecule has 0 amide bonds. The molecule has 2 heteroatoms. The molecule has 0 radical (unpaired) electrons. The van der Waals surface area contributed by atoms with Gasteiger partial charge in [-0.05, 0) is 59.2 Å². The minimum absolute atomic E-state index is 0.553. The number of hydrogen-bond acceptors (Lipinski definition) is 2. The number of hydrogen-bond donors (Lipinski definition) is 0. The number of likely N-dealkylation sites (N-methyl/N-ethyl adjacent to an activating group) is 1. The molecule has 2 nitrogen and oxygen atoms in total. The van der Waals surface area contributed by atoms with Gasteiger partial charge in [-0.1, -0.05) is 6.92 Å². The Bertz CT molecular complexity index is 215. The van der Waals surface area contributed by atoms with Gasteiger partial charge in [0, 0.05) is 18.1 Å². The molecular weight excluding hydrogens is 184 g/mol. The molecule has 0 bridgehead atoms. The van der Waals surface area contributed by atoms with Crippen molar-refractivity contribution in [3.05, 3.63) is 0 Å². The van der Waals surface area contributed by atoms with Crippen molar-refractivity contribution < 1.29 is 0 Å². The van der Waals surface area contributed by atoms with Gasteiger partial charge < -0.3 is 0 Å². The lowest BCUT2D eigenvalue weighted by atomic mass is 9.86. The molecule has 1 spiro atoms. The average Bonchev–Trinajstić information content (AvgIpc) is 2.60. The van der Waals surface area contributed by atoms with Gasteiger partial charge in [0.25, 0.3) is 0 Å². The summed E-state index contributed by atoms with van der Waals surface area (Å²) in [5.74, 6) is 0. The van der Waals surface area contributed by atoms with Crippen LogP contribution in [0.25, 0.3) is 0 Å². The van der Waals surface area contributed by atoms with E-state index in [4.69, 9.17) is 0 Å². The SMILES string of the molecule is CCN1CCCC12CCCN(C(C)C)C2. The number of piperidine rings is 1. The molecule has 2 saturated heterocycles. The molecule has 0 aliphatic carbocycles. The highest BCUT2D eigenvalue weighted by Crippen LogP contribution is 2.37. The number of rotatable bonds is 2. The zero-order valence-corrected chi connectivity index (χ0v) is 10.6. The predicted molar refractivity (Wildman–Crippen MR) is 65.2 cm³/mol. The van der Waals surface area contributed by atoms with Gasteiger partial charge in [0.15, 0.2) is 0 Å².